The normalized spacial score (nSPS) is 12.2. The van der Waals surface area contributed by atoms with E-state index < -0.39 is 24.4 Å². The lowest BCUT2D eigenvalue weighted by Gasteiger charge is -2.13. The van der Waals surface area contributed by atoms with Crippen LogP contribution in [0.25, 0.3) is 0 Å². The Morgan fingerprint density at radius 1 is 0.793 bits per heavy atom. The van der Waals surface area contributed by atoms with E-state index in [1.54, 1.807) is 0 Å². The number of hydrazine groups is 1. The van der Waals surface area contributed by atoms with Crippen LogP contribution < -0.4 is 10.9 Å². The predicted octanol–water partition coefficient (Wildman–Crippen LogP) is 4.57. The van der Waals surface area contributed by atoms with Crippen LogP contribution in [0.2, 0.25) is 0 Å². The molecule has 0 rings (SSSR count). The summed E-state index contributed by atoms with van der Waals surface area (Å²) in [6.45, 7) is 2.24. The minimum atomic E-state index is -1.33. The third-order valence-electron chi connectivity index (χ3n) is 4.73. The lowest BCUT2D eigenvalue weighted by molar-refractivity contribution is -0.146. The van der Waals surface area contributed by atoms with Crippen LogP contribution in [-0.4, -0.2) is 34.1 Å². The van der Waals surface area contributed by atoms with E-state index in [9.17, 15) is 14.4 Å². The highest BCUT2D eigenvalue weighted by atomic mass is 16.4. The van der Waals surface area contributed by atoms with Gasteiger partial charge in [0, 0.05) is 6.42 Å². The zero-order chi connectivity index (χ0) is 21.7. The highest BCUT2D eigenvalue weighted by Gasteiger charge is 2.20. The molecule has 0 aliphatic heterocycles. The molecule has 0 aromatic heterocycles. The molecular weight excluding hydrogens is 372 g/mol. The van der Waals surface area contributed by atoms with Crippen molar-refractivity contribution in [3.8, 4) is 0 Å². The summed E-state index contributed by atoms with van der Waals surface area (Å²) >= 11 is 0. The van der Waals surface area contributed by atoms with Gasteiger partial charge in [0.25, 0.3) is 0 Å². The average Bonchev–Trinajstić information content (AvgIpc) is 2.67. The molecule has 0 aromatic rings. The molecule has 0 saturated carbocycles. The minimum absolute atomic E-state index is 0.296. The number of carbonyl (C=O) groups excluding carboxylic acids is 1. The first-order valence-corrected chi connectivity index (χ1v) is 11.1. The van der Waals surface area contributed by atoms with Crippen molar-refractivity contribution in [2.45, 2.75) is 109 Å². The van der Waals surface area contributed by atoms with Gasteiger partial charge in [0.05, 0.1) is 6.42 Å². The highest BCUT2D eigenvalue weighted by molar-refractivity contribution is 5.81. The number of unbranched alkanes of at least 4 members (excludes halogenated alkanes) is 11. The van der Waals surface area contributed by atoms with Gasteiger partial charge in [0.15, 0.2) is 0 Å². The standard InChI is InChI=1S/C22H40N2O5/c1-2-3-4-5-6-7-8-9-10-11-12-13-14-15-16-17-20(25)24-23-19(22(28)29)18-21(26)27/h9-10,19,23H,2-8,11-18H2,1H3,(H,24,25)(H,26,27)(H,28,29)/b10-9-/t19-/m0/s1. The number of rotatable bonds is 20. The van der Waals surface area contributed by atoms with Crippen molar-refractivity contribution in [2.75, 3.05) is 0 Å². The SMILES string of the molecule is CCCCCCCC/C=C\CCCCCCCC(=O)NN[C@@H](CC(=O)O)C(=O)O. The van der Waals surface area contributed by atoms with Gasteiger partial charge in [-0.3, -0.25) is 19.8 Å². The second kappa shape index (κ2) is 19.4. The number of carboxylic acid groups (broad SMARTS) is 2. The molecule has 7 heteroatoms. The van der Waals surface area contributed by atoms with E-state index in [0.29, 0.717) is 6.42 Å². The Balaban J connectivity index is 3.49. The van der Waals surface area contributed by atoms with Gasteiger partial charge in [0.2, 0.25) is 5.91 Å². The maximum atomic E-state index is 11.7. The predicted molar refractivity (Wildman–Crippen MR) is 114 cm³/mol. The molecule has 0 saturated heterocycles. The summed E-state index contributed by atoms with van der Waals surface area (Å²) in [6, 6.07) is -1.33. The van der Waals surface area contributed by atoms with Crippen molar-refractivity contribution < 1.29 is 24.6 Å². The van der Waals surface area contributed by atoms with Gasteiger partial charge >= 0.3 is 11.9 Å². The Labute approximate surface area is 175 Å². The summed E-state index contributed by atoms with van der Waals surface area (Å²) < 4.78 is 0. The monoisotopic (exact) mass is 412 g/mol. The Hall–Kier alpha value is -1.89. The lowest BCUT2D eigenvalue weighted by Crippen LogP contribution is -2.49. The summed E-state index contributed by atoms with van der Waals surface area (Å²) in [5.74, 6) is -2.87. The zero-order valence-corrected chi connectivity index (χ0v) is 18.0. The van der Waals surface area contributed by atoms with Gasteiger partial charge in [-0.1, -0.05) is 70.4 Å². The molecule has 0 aliphatic carbocycles. The fourth-order valence-corrected chi connectivity index (χ4v) is 2.96. The third kappa shape index (κ3) is 19.2. The molecule has 29 heavy (non-hydrogen) atoms. The Kier molecular flexibility index (Phi) is 18.2. The largest absolute Gasteiger partial charge is 0.481 e. The molecule has 0 unspecified atom stereocenters. The van der Waals surface area contributed by atoms with E-state index in [-0.39, 0.29) is 5.91 Å². The molecule has 0 bridgehead atoms. The number of nitrogens with one attached hydrogen (secondary N) is 2. The van der Waals surface area contributed by atoms with Crippen molar-refractivity contribution in [1.82, 2.24) is 10.9 Å². The Morgan fingerprint density at radius 3 is 1.83 bits per heavy atom. The van der Waals surface area contributed by atoms with Crippen molar-refractivity contribution >= 4 is 17.8 Å². The number of allylic oxidation sites excluding steroid dienone is 2. The Morgan fingerprint density at radius 2 is 1.31 bits per heavy atom. The van der Waals surface area contributed by atoms with Gasteiger partial charge in [-0.25, -0.2) is 5.43 Å². The smallest absolute Gasteiger partial charge is 0.323 e. The minimum Gasteiger partial charge on any atom is -0.481 e. The van der Waals surface area contributed by atoms with Crippen LogP contribution in [0.3, 0.4) is 0 Å². The first kappa shape index (κ1) is 27.1. The molecule has 168 valence electrons. The first-order chi connectivity index (χ1) is 14.0. The van der Waals surface area contributed by atoms with Gasteiger partial charge in [-0.15, -0.1) is 0 Å². The maximum absolute atomic E-state index is 11.7. The topological polar surface area (TPSA) is 116 Å². The van der Waals surface area contributed by atoms with Gasteiger partial charge < -0.3 is 10.2 Å². The van der Waals surface area contributed by atoms with Crippen LogP contribution in [0.5, 0.6) is 0 Å². The van der Waals surface area contributed by atoms with Gasteiger partial charge in [-0.05, 0) is 32.1 Å². The highest BCUT2D eigenvalue weighted by Crippen LogP contribution is 2.09. The van der Waals surface area contributed by atoms with Crippen LogP contribution in [-0.2, 0) is 14.4 Å². The van der Waals surface area contributed by atoms with E-state index in [2.05, 4.69) is 29.9 Å². The maximum Gasteiger partial charge on any atom is 0.323 e. The number of carbonyl (C=O) groups is 3. The number of hydrogen-bond acceptors (Lipinski definition) is 4. The fourth-order valence-electron chi connectivity index (χ4n) is 2.96. The van der Waals surface area contributed by atoms with Crippen LogP contribution in [0.15, 0.2) is 12.2 Å². The number of amides is 1. The molecule has 0 heterocycles. The molecule has 0 aliphatic rings. The first-order valence-electron chi connectivity index (χ1n) is 11.1. The molecule has 4 N–H and O–H groups in total. The Bertz CT molecular complexity index is 480. The number of aliphatic carboxylic acids is 2. The van der Waals surface area contributed by atoms with Gasteiger partial charge in [0.1, 0.15) is 6.04 Å². The molecule has 1 atom stereocenters. The fraction of sp³-hybridized carbons (Fsp3) is 0.773. The summed E-state index contributed by atoms with van der Waals surface area (Å²) in [4.78, 5) is 33.1. The van der Waals surface area contributed by atoms with E-state index in [1.165, 1.54) is 44.9 Å². The van der Waals surface area contributed by atoms with E-state index in [4.69, 9.17) is 10.2 Å². The zero-order valence-electron chi connectivity index (χ0n) is 18.0. The summed E-state index contributed by atoms with van der Waals surface area (Å²) in [6.07, 6.45) is 19.6. The average molecular weight is 413 g/mol. The van der Waals surface area contributed by atoms with Gasteiger partial charge in [-0.2, -0.15) is 0 Å². The van der Waals surface area contributed by atoms with Crippen LogP contribution in [0.1, 0.15) is 103 Å². The molecule has 0 radical (unpaired) electrons. The molecule has 0 fully saturated rings. The molecule has 7 nitrogen and oxygen atoms in total. The van der Waals surface area contributed by atoms with E-state index >= 15 is 0 Å². The van der Waals surface area contributed by atoms with Crippen molar-refractivity contribution in [3.05, 3.63) is 12.2 Å². The van der Waals surface area contributed by atoms with E-state index in [0.717, 1.165) is 38.5 Å². The van der Waals surface area contributed by atoms with Crippen molar-refractivity contribution in [3.63, 3.8) is 0 Å². The molecule has 0 spiro atoms. The molecular formula is C22H40N2O5. The van der Waals surface area contributed by atoms with Crippen LogP contribution in [0, 0.1) is 0 Å². The van der Waals surface area contributed by atoms with Crippen molar-refractivity contribution in [1.29, 1.82) is 0 Å². The van der Waals surface area contributed by atoms with Crippen LogP contribution in [0.4, 0.5) is 0 Å². The second-order valence-electron chi connectivity index (χ2n) is 7.52. The molecule has 0 aromatic carbocycles. The lowest BCUT2D eigenvalue weighted by atomic mass is 10.1. The number of carboxylic acids is 2. The summed E-state index contributed by atoms with van der Waals surface area (Å²) in [5, 5.41) is 17.5. The second-order valence-corrected chi connectivity index (χ2v) is 7.52. The molecule has 1 amide bonds. The number of hydrogen-bond donors (Lipinski definition) is 4. The third-order valence-corrected chi connectivity index (χ3v) is 4.73. The summed E-state index contributed by atoms with van der Waals surface area (Å²) in [5.41, 5.74) is 4.54. The summed E-state index contributed by atoms with van der Waals surface area (Å²) in [7, 11) is 0. The quantitative estimate of drug-likeness (QED) is 0.132. The van der Waals surface area contributed by atoms with Crippen LogP contribution >= 0.6 is 0 Å². The van der Waals surface area contributed by atoms with Crippen molar-refractivity contribution in [2.24, 2.45) is 0 Å². The van der Waals surface area contributed by atoms with E-state index in [1.807, 2.05) is 0 Å².